The number of aromatic nitrogens is 1. The molecule has 116 valence electrons. The summed E-state index contributed by atoms with van der Waals surface area (Å²) in [5.74, 6) is 0.404. The highest BCUT2D eigenvalue weighted by Gasteiger charge is 2.46. The van der Waals surface area contributed by atoms with Crippen LogP contribution in [0.15, 0.2) is 36.4 Å². The average molecular weight is 318 g/mol. The molecule has 5 nitrogen and oxygen atoms in total. The maximum atomic E-state index is 12.1. The van der Waals surface area contributed by atoms with Crippen LogP contribution in [0.2, 0.25) is 0 Å². The Kier molecular flexibility index (Phi) is 3.64. The predicted molar refractivity (Wildman–Crippen MR) is 86.4 cm³/mol. The molecule has 22 heavy (non-hydrogen) atoms. The summed E-state index contributed by atoms with van der Waals surface area (Å²) in [7, 11) is -3.06. The number of anilines is 1. The van der Waals surface area contributed by atoms with Crippen LogP contribution in [-0.4, -0.2) is 31.3 Å². The van der Waals surface area contributed by atoms with Crippen molar-refractivity contribution in [1.82, 2.24) is 4.98 Å². The van der Waals surface area contributed by atoms with Gasteiger partial charge in [-0.1, -0.05) is 18.2 Å². The molecule has 1 amide bonds. The van der Waals surface area contributed by atoms with E-state index in [-0.39, 0.29) is 23.5 Å². The Hall–Kier alpha value is -1.95. The van der Waals surface area contributed by atoms with Crippen LogP contribution in [0.5, 0.6) is 0 Å². The molecule has 1 aromatic heterocycles. The molecule has 0 radical (unpaired) electrons. The van der Waals surface area contributed by atoms with Crippen molar-refractivity contribution >= 4 is 32.5 Å². The van der Waals surface area contributed by atoms with Crippen molar-refractivity contribution in [2.24, 2.45) is 5.41 Å². The molecule has 0 aliphatic heterocycles. The van der Waals surface area contributed by atoms with Crippen molar-refractivity contribution in [3.8, 4) is 0 Å². The highest BCUT2D eigenvalue weighted by molar-refractivity contribution is 7.90. The fraction of sp³-hybridized carbons (Fsp3) is 0.375. The second-order valence-electron chi connectivity index (χ2n) is 6.18. The minimum atomic E-state index is -3.06. The standard InChI is InChI=1S/C16H18N2O3S/c1-22(20,21)11-16(8-9-16)10-15(19)18-14-7-6-12-4-2-3-5-13(12)17-14/h2-7H,8-11H2,1H3,(H,17,18,19). The molecule has 1 aliphatic carbocycles. The quantitative estimate of drug-likeness (QED) is 0.918. The molecule has 0 spiro atoms. The van der Waals surface area contributed by atoms with Gasteiger partial charge in [-0.15, -0.1) is 0 Å². The van der Waals surface area contributed by atoms with E-state index in [0.29, 0.717) is 5.82 Å². The van der Waals surface area contributed by atoms with Gasteiger partial charge in [0.15, 0.2) is 0 Å². The molecule has 1 saturated carbocycles. The monoisotopic (exact) mass is 318 g/mol. The smallest absolute Gasteiger partial charge is 0.226 e. The van der Waals surface area contributed by atoms with Crippen LogP contribution in [0.1, 0.15) is 19.3 Å². The van der Waals surface area contributed by atoms with E-state index in [1.54, 1.807) is 6.07 Å². The van der Waals surface area contributed by atoms with E-state index >= 15 is 0 Å². The molecule has 2 aromatic rings. The van der Waals surface area contributed by atoms with E-state index in [1.807, 2.05) is 30.3 Å². The maximum absolute atomic E-state index is 12.1. The van der Waals surface area contributed by atoms with Crippen molar-refractivity contribution < 1.29 is 13.2 Å². The molecule has 1 fully saturated rings. The Morgan fingerprint density at radius 1 is 1.23 bits per heavy atom. The molecule has 3 rings (SSSR count). The lowest BCUT2D eigenvalue weighted by molar-refractivity contribution is -0.117. The van der Waals surface area contributed by atoms with Gasteiger partial charge in [-0.05, 0) is 36.5 Å². The Morgan fingerprint density at radius 3 is 2.64 bits per heavy atom. The number of carbonyl (C=O) groups excluding carboxylic acids is 1. The van der Waals surface area contributed by atoms with Crippen LogP contribution in [0.3, 0.4) is 0 Å². The van der Waals surface area contributed by atoms with Crippen LogP contribution in [0.4, 0.5) is 5.82 Å². The maximum Gasteiger partial charge on any atom is 0.226 e. The fourth-order valence-electron chi connectivity index (χ4n) is 2.77. The molecule has 1 aromatic carbocycles. The average Bonchev–Trinajstić information content (AvgIpc) is 3.15. The number of pyridine rings is 1. The molecule has 0 atom stereocenters. The lowest BCUT2D eigenvalue weighted by atomic mass is 10.1. The number of nitrogens with one attached hydrogen (secondary N) is 1. The number of amides is 1. The third kappa shape index (κ3) is 3.62. The second kappa shape index (κ2) is 5.35. The summed E-state index contributed by atoms with van der Waals surface area (Å²) in [5, 5.41) is 3.78. The third-order valence-electron chi connectivity index (χ3n) is 3.93. The molecule has 0 saturated heterocycles. The summed E-state index contributed by atoms with van der Waals surface area (Å²) in [6, 6.07) is 11.3. The number of carbonyl (C=O) groups is 1. The molecule has 6 heteroatoms. The number of hydrogen-bond donors (Lipinski definition) is 1. The number of nitrogens with zero attached hydrogens (tertiary/aromatic N) is 1. The highest BCUT2D eigenvalue weighted by Crippen LogP contribution is 2.49. The van der Waals surface area contributed by atoms with E-state index in [4.69, 9.17) is 0 Å². The summed E-state index contributed by atoms with van der Waals surface area (Å²) in [4.78, 5) is 16.5. The number of para-hydroxylation sites is 1. The molecule has 0 unspecified atom stereocenters. The van der Waals surface area contributed by atoms with E-state index in [9.17, 15) is 13.2 Å². The van der Waals surface area contributed by atoms with Crippen LogP contribution >= 0.6 is 0 Å². The Balaban J connectivity index is 1.68. The van der Waals surface area contributed by atoms with Crippen molar-refractivity contribution in [2.45, 2.75) is 19.3 Å². The first-order chi connectivity index (χ1) is 10.4. The molecule has 1 heterocycles. The zero-order valence-electron chi connectivity index (χ0n) is 12.4. The molecular formula is C16H18N2O3S. The minimum Gasteiger partial charge on any atom is -0.311 e. The SMILES string of the molecule is CS(=O)(=O)CC1(CC(=O)Nc2ccc3ccccc3n2)CC1. The molecule has 0 bridgehead atoms. The van der Waals surface area contributed by atoms with Gasteiger partial charge in [0.25, 0.3) is 0 Å². The van der Waals surface area contributed by atoms with Crippen molar-refractivity contribution in [1.29, 1.82) is 0 Å². The van der Waals surface area contributed by atoms with Gasteiger partial charge in [-0.25, -0.2) is 13.4 Å². The van der Waals surface area contributed by atoms with Crippen molar-refractivity contribution in [3.63, 3.8) is 0 Å². The summed E-state index contributed by atoms with van der Waals surface area (Å²) < 4.78 is 22.9. The largest absolute Gasteiger partial charge is 0.311 e. The number of sulfone groups is 1. The minimum absolute atomic E-state index is 0.0819. The van der Waals surface area contributed by atoms with Gasteiger partial charge >= 0.3 is 0 Å². The molecule has 1 aliphatic rings. The van der Waals surface area contributed by atoms with Gasteiger partial charge in [0.05, 0.1) is 11.3 Å². The molecular weight excluding hydrogens is 300 g/mol. The lowest BCUT2D eigenvalue weighted by Crippen LogP contribution is -2.23. The number of hydrogen-bond acceptors (Lipinski definition) is 4. The van der Waals surface area contributed by atoms with Gasteiger partial charge < -0.3 is 5.32 Å². The second-order valence-corrected chi connectivity index (χ2v) is 8.32. The van der Waals surface area contributed by atoms with Crippen LogP contribution in [0.25, 0.3) is 10.9 Å². The van der Waals surface area contributed by atoms with E-state index in [1.165, 1.54) is 6.26 Å². The Labute approximate surface area is 129 Å². The highest BCUT2D eigenvalue weighted by atomic mass is 32.2. The lowest BCUT2D eigenvalue weighted by Gasteiger charge is -2.13. The van der Waals surface area contributed by atoms with Gasteiger partial charge in [-0.2, -0.15) is 0 Å². The van der Waals surface area contributed by atoms with Crippen molar-refractivity contribution in [3.05, 3.63) is 36.4 Å². The number of rotatable bonds is 5. The summed E-state index contributed by atoms with van der Waals surface area (Å²) in [6.45, 7) is 0. The van der Waals surface area contributed by atoms with E-state index in [0.717, 1.165) is 23.7 Å². The normalized spacial score (nSPS) is 16.4. The van der Waals surface area contributed by atoms with E-state index in [2.05, 4.69) is 10.3 Å². The first-order valence-electron chi connectivity index (χ1n) is 7.19. The zero-order valence-corrected chi connectivity index (χ0v) is 13.2. The summed E-state index contributed by atoms with van der Waals surface area (Å²) >= 11 is 0. The fourth-order valence-corrected chi connectivity index (χ4v) is 4.27. The van der Waals surface area contributed by atoms with Crippen molar-refractivity contribution in [2.75, 3.05) is 17.3 Å². The zero-order chi connectivity index (χ0) is 15.8. The topological polar surface area (TPSA) is 76.1 Å². The Morgan fingerprint density at radius 2 is 1.95 bits per heavy atom. The van der Waals surface area contributed by atoms with Gasteiger partial charge in [0.1, 0.15) is 15.7 Å². The summed E-state index contributed by atoms with van der Waals surface area (Å²) in [6.07, 6.45) is 3.03. The predicted octanol–water partition coefficient (Wildman–Crippen LogP) is 2.39. The first-order valence-corrected chi connectivity index (χ1v) is 9.25. The third-order valence-corrected chi connectivity index (χ3v) is 5.06. The van der Waals surface area contributed by atoms with Crippen LogP contribution in [0, 0.1) is 5.41 Å². The van der Waals surface area contributed by atoms with Gasteiger partial charge in [-0.3, -0.25) is 4.79 Å². The van der Waals surface area contributed by atoms with Gasteiger partial charge in [0.2, 0.25) is 5.91 Å². The van der Waals surface area contributed by atoms with Crippen LogP contribution in [-0.2, 0) is 14.6 Å². The molecule has 1 N–H and O–H groups in total. The summed E-state index contributed by atoms with van der Waals surface area (Å²) in [5.41, 5.74) is 0.451. The Bertz CT molecular complexity index is 826. The van der Waals surface area contributed by atoms with E-state index < -0.39 is 9.84 Å². The van der Waals surface area contributed by atoms with Crippen LogP contribution < -0.4 is 5.32 Å². The van der Waals surface area contributed by atoms with Gasteiger partial charge in [0, 0.05) is 18.1 Å². The number of benzene rings is 1. The first kappa shape index (κ1) is 15.0. The number of fused-ring (bicyclic) bond motifs is 1.